The van der Waals surface area contributed by atoms with E-state index < -0.39 is 0 Å². The van der Waals surface area contributed by atoms with Crippen molar-refractivity contribution in [2.24, 2.45) is 0 Å². The fraction of sp³-hybridized carbons (Fsp3) is 0.350. The lowest BCUT2D eigenvalue weighted by molar-refractivity contribution is -0.122. The molecule has 0 saturated carbocycles. The molecule has 0 atom stereocenters. The Morgan fingerprint density at radius 3 is 2.40 bits per heavy atom. The molecule has 1 amide bonds. The van der Waals surface area contributed by atoms with Crippen molar-refractivity contribution in [1.82, 2.24) is 10.2 Å². The Bertz CT molecular complexity index is 709. The van der Waals surface area contributed by atoms with Crippen molar-refractivity contribution in [1.29, 1.82) is 0 Å². The van der Waals surface area contributed by atoms with Crippen LogP contribution in [0.3, 0.4) is 0 Å². The molecule has 2 aromatic carbocycles. The lowest BCUT2D eigenvalue weighted by atomic mass is 10.1. The summed E-state index contributed by atoms with van der Waals surface area (Å²) in [5, 5.41) is 3.79. The second-order valence-electron chi connectivity index (χ2n) is 6.48. The van der Waals surface area contributed by atoms with E-state index in [0.717, 1.165) is 42.5 Å². The highest BCUT2D eigenvalue weighted by Gasteiger charge is 2.20. The molecule has 1 aliphatic rings. The smallest absolute Gasteiger partial charge is 0.234 e. The summed E-state index contributed by atoms with van der Waals surface area (Å²) < 4.78 is 0. The predicted molar refractivity (Wildman–Crippen MR) is 103 cm³/mol. The van der Waals surface area contributed by atoms with Crippen LogP contribution in [0.15, 0.2) is 48.5 Å². The van der Waals surface area contributed by atoms with Gasteiger partial charge in [-0.2, -0.15) is 0 Å². The summed E-state index contributed by atoms with van der Waals surface area (Å²) >= 11 is 6.27. The van der Waals surface area contributed by atoms with Crippen molar-refractivity contribution in [2.75, 3.05) is 37.6 Å². The minimum Gasteiger partial charge on any atom is -0.368 e. The van der Waals surface area contributed by atoms with Crippen LogP contribution in [-0.4, -0.2) is 43.5 Å². The number of carbonyl (C=O) groups is 1. The fourth-order valence-corrected chi connectivity index (χ4v) is 3.28. The Kier molecular flexibility index (Phi) is 5.95. The summed E-state index contributed by atoms with van der Waals surface area (Å²) in [6.45, 7) is 6.59. The molecule has 1 saturated heterocycles. The summed E-state index contributed by atoms with van der Waals surface area (Å²) in [6.07, 6.45) is 0. The van der Waals surface area contributed by atoms with E-state index in [0.29, 0.717) is 13.1 Å². The van der Waals surface area contributed by atoms with Crippen molar-refractivity contribution in [2.45, 2.75) is 13.5 Å². The van der Waals surface area contributed by atoms with Crippen LogP contribution in [0.25, 0.3) is 0 Å². The average Bonchev–Trinajstić information content (AvgIpc) is 2.62. The molecule has 1 N–H and O–H groups in total. The highest BCUT2D eigenvalue weighted by Crippen LogP contribution is 2.25. The summed E-state index contributed by atoms with van der Waals surface area (Å²) in [7, 11) is 0. The zero-order chi connectivity index (χ0) is 17.6. The van der Waals surface area contributed by atoms with Gasteiger partial charge in [0.25, 0.3) is 0 Å². The van der Waals surface area contributed by atoms with E-state index in [2.05, 4.69) is 46.3 Å². The molecule has 1 fully saturated rings. The van der Waals surface area contributed by atoms with Crippen LogP contribution in [-0.2, 0) is 11.3 Å². The first-order valence-electron chi connectivity index (χ1n) is 8.66. The zero-order valence-corrected chi connectivity index (χ0v) is 15.3. The second-order valence-corrected chi connectivity index (χ2v) is 6.88. The van der Waals surface area contributed by atoms with E-state index in [4.69, 9.17) is 11.6 Å². The molecule has 0 radical (unpaired) electrons. The molecule has 5 heteroatoms. The lowest BCUT2D eigenvalue weighted by Gasteiger charge is -2.36. The molecule has 2 aromatic rings. The maximum Gasteiger partial charge on any atom is 0.234 e. The number of carbonyl (C=O) groups excluding carboxylic acids is 1. The van der Waals surface area contributed by atoms with Gasteiger partial charge in [0.1, 0.15) is 0 Å². The molecule has 0 spiro atoms. The number of nitrogens with zero attached hydrogens (tertiary/aromatic N) is 2. The van der Waals surface area contributed by atoms with E-state index in [9.17, 15) is 4.79 Å². The summed E-state index contributed by atoms with van der Waals surface area (Å²) in [6, 6.07) is 16.2. The molecule has 1 heterocycles. The first kappa shape index (κ1) is 17.8. The maximum absolute atomic E-state index is 12.2. The molecule has 3 rings (SSSR count). The molecule has 0 unspecified atom stereocenters. The maximum atomic E-state index is 12.2. The Hall–Kier alpha value is -2.04. The van der Waals surface area contributed by atoms with Crippen molar-refractivity contribution < 1.29 is 4.79 Å². The van der Waals surface area contributed by atoms with Crippen LogP contribution >= 0.6 is 11.6 Å². The largest absolute Gasteiger partial charge is 0.368 e. The first-order chi connectivity index (χ1) is 12.1. The number of nitrogens with one attached hydrogen (secondary N) is 1. The third-order valence-electron chi connectivity index (χ3n) is 4.54. The second kappa shape index (κ2) is 8.37. The van der Waals surface area contributed by atoms with Gasteiger partial charge in [0, 0.05) is 32.7 Å². The molecule has 25 heavy (non-hydrogen) atoms. The van der Waals surface area contributed by atoms with E-state index in [-0.39, 0.29) is 5.91 Å². The highest BCUT2D eigenvalue weighted by atomic mass is 35.5. The quantitative estimate of drug-likeness (QED) is 0.893. The van der Waals surface area contributed by atoms with Crippen molar-refractivity contribution in [3.8, 4) is 0 Å². The summed E-state index contributed by atoms with van der Waals surface area (Å²) in [5.74, 6) is 0.0757. The van der Waals surface area contributed by atoms with Gasteiger partial charge in [0.05, 0.1) is 17.3 Å². The van der Waals surface area contributed by atoms with Crippen LogP contribution in [0, 0.1) is 6.92 Å². The number of rotatable bonds is 5. The molecule has 132 valence electrons. The number of hydrogen-bond donors (Lipinski definition) is 1. The topological polar surface area (TPSA) is 35.6 Å². The minimum absolute atomic E-state index is 0.0757. The molecule has 0 aliphatic carbocycles. The van der Waals surface area contributed by atoms with E-state index in [1.54, 1.807) is 0 Å². The van der Waals surface area contributed by atoms with Gasteiger partial charge >= 0.3 is 0 Å². The number of para-hydroxylation sites is 1. The van der Waals surface area contributed by atoms with Crippen LogP contribution in [0.5, 0.6) is 0 Å². The third-order valence-corrected chi connectivity index (χ3v) is 4.86. The number of benzene rings is 2. The Morgan fingerprint density at radius 2 is 1.72 bits per heavy atom. The number of aryl methyl sites for hydroxylation is 1. The van der Waals surface area contributed by atoms with Gasteiger partial charge in [-0.3, -0.25) is 9.69 Å². The molecule has 0 aromatic heterocycles. The molecule has 0 bridgehead atoms. The van der Waals surface area contributed by atoms with Gasteiger partial charge < -0.3 is 10.2 Å². The van der Waals surface area contributed by atoms with Gasteiger partial charge in [-0.15, -0.1) is 0 Å². The van der Waals surface area contributed by atoms with Crippen molar-refractivity contribution in [3.05, 3.63) is 64.7 Å². The van der Waals surface area contributed by atoms with Crippen molar-refractivity contribution in [3.63, 3.8) is 0 Å². The van der Waals surface area contributed by atoms with Crippen LogP contribution < -0.4 is 10.2 Å². The van der Waals surface area contributed by atoms with E-state index >= 15 is 0 Å². The monoisotopic (exact) mass is 357 g/mol. The number of anilines is 1. The average molecular weight is 358 g/mol. The number of amides is 1. The third kappa shape index (κ3) is 4.97. The van der Waals surface area contributed by atoms with Gasteiger partial charge in [0.15, 0.2) is 0 Å². The molecular weight excluding hydrogens is 334 g/mol. The van der Waals surface area contributed by atoms with Crippen LogP contribution in [0.1, 0.15) is 11.1 Å². The zero-order valence-electron chi connectivity index (χ0n) is 14.5. The van der Waals surface area contributed by atoms with E-state index in [1.807, 2.05) is 24.3 Å². The van der Waals surface area contributed by atoms with E-state index in [1.165, 1.54) is 5.56 Å². The lowest BCUT2D eigenvalue weighted by Crippen LogP contribution is -2.49. The highest BCUT2D eigenvalue weighted by molar-refractivity contribution is 6.33. The summed E-state index contributed by atoms with van der Waals surface area (Å²) in [5.41, 5.74) is 3.43. The molecular formula is C20H24ClN3O. The predicted octanol–water partition coefficient (Wildman–Crippen LogP) is 3.09. The van der Waals surface area contributed by atoms with Gasteiger partial charge in [-0.25, -0.2) is 0 Å². The fourth-order valence-electron chi connectivity index (χ4n) is 3.02. The number of halogens is 1. The van der Waals surface area contributed by atoms with Crippen LogP contribution in [0.4, 0.5) is 5.69 Å². The Morgan fingerprint density at radius 1 is 1.04 bits per heavy atom. The van der Waals surface area contributed by atoms with Crippen LogP contribution in [0.2, 0.25) is 5.02 Å². The molecule has 4 nitrogen and oxygen atoms in total. The Balaban J connectivity index is 1.43. The number of piperazine rings is 1. The van der Waals surface area contributed by atoms with Gasteiger partial charge in [-0.1, -0.05) is 53.6 Å². The SMILES string of the molecule is Cc1ccc(CNC(=O)CN2CCN(c3ccccc3Cl)CC2)cc1. The van der Waals surface area contributed by atoms with Gasteiger partial charge in [-0.05, 0) is 24.6 Å². The Labute approximate surface area is 154 Å². The van der Waals surface area contributed by atoms with Gasteiger partial charge in [0.2, 0.25) is 5.91 Å². The molecule has 1 aliphatic heterocycles. The summed E-state index contributed by atoms with van der Waals surface area (Å²) in [4.78, 5) is 16.6. The minimum atomic E-state index is 0.0757. The normalized spacial score (nSPS) is 15.2. The standard InChI is InChI=1S/C20H24ClN3O/c1-16-6-8-17(9-7-16)14-22-20(25)15-23-10-12-24(13-11-23)19-5-3-2-4-18(19)21/h2-9H,10-15H2,1H3,(H,22,25). The van der Waals surface area contributed by atoms with Crippen molar-refractivity contribution >= 4 is 23.2 Å². The number of hydrogen-bond acceptors (Lipinski definition) is 3. The first-order valence-corrected chi connectivity index (χ1v) is 9.04.